The van der Waals surface area contributed by atoms with Crippen molar-refractivity contribution >= 4 is 40.1 Å². The van der Waals surface area contributed by atoms with Crippen molar-refractivity contribution in [3.8, 4) is 0 Å². The van der Waals surface area contributed by atoms with Crippen LogP contribution in [0.1, 0.15) is 34.7 Å². The van der Waals surface area contributed by atoms with Crippen LogP contribution in [0.5, 0.6) is 0 Å². The molecule has 138 valence electrons. The summed E-state index contributed by atoms with van der Waals surface area (Å²) < 4.78 is 0. The zero-order chi connectivity index (χ0) is 19.4. The summed E-state index contributed by atoms with van der Waals surface area (Å²) in [6.45, 7) is 5.03. The van der Waals surface area contributed by atoms with Gasteiger partial charge in [0, 0.05) is 18.8 Å². The van der Waals surface area contributed by atoms with E-state index in [1.165, 1.54) is 6.20 Å². The van der Waals surface area contributed by atoms with E-state index in [-0.39, 0.29) is 16.6 Å². The Bertz CT molecular complexity index is 1000. The lowest BCUT2D eigenvalue weighted by Gasteiger charge is -2.19. The third-order valence-electron chi connectivity index (χ3n) is 4.19. The quantitative estimate of drug-likeness (QED) is 0.723. The third kappa shape index (κ3) is 4.06. The number of anilines is 1. The summed E-state index contributed by atoms with van der Waals surface area (Å²) in [6, 6.07) is 12.1. The lowest BCUT2D eigenvalue weighted by Crippen LogP contribution is -2.30. The van der Waals surface area contributed by atoms with Crippen LogP contribution in [0.2, 0.25) is 5.02 Å². The lowest BCUT2D eigenvalue weighted by molar-refractivity contribution is 0.0773. The van der Waals surface area contributed by atoms with Crippen LogP contribution in [0, 0.1) is 0 Å². The number of carbonyl (C=O) groups excluding carboxylic acids is 2. The molecular formula is C20H19ClN4O2. The summed E-state index contributed by atoms with van der Waals surface area (Å²) in [5, 5.41) is 3.02. The van der Waals surface area contributed by atoms with E-state index in [4.69, 9.17) is 11.6 Å². The highest BCUT2D eigenvalue weighted by Crippen LogP contribution is 2.23. The molecule has 1 N–H and O–H groups in total. The molecule has 7 heteroatoms. The topological polar surface area (TPSA) is 75.2 Å². The smallest absolute Gasteiger partial charge is 0.275 e. The second-order valence-corrected chi connectivity index (χ2v) is 6.28. The largest absolute Gasteiger partial charge is 0.339 e. The molecule has 0 saturated heterocycles. The van der Waals surface area contributed by atoms with E-state index in [9.17, 15) is 9.59 Å². The highest BCUT2D eigenvalue weighted by Gasteiger charge is 2.17. The zero-order valence-corrected chi connectivity index (χ0v) is 15.8. The van der Waals surface area contributed by atoms with Gasteiger partial charge in [-0.2, -0.15) is 0 Å². The van der Waals surface area contributed by atoms with Crippen LogP contribution in [0.3, 0.4) is 0 Å². The molecule has 3 rings (SSSR count). The minimum Gasteiger partial charge on any atom is -0.339 e. The number of hydrogen-bond acceptors (Lipinski definition) is 4. The van der Waals surface area contributed by atoms with Gasteiger partial charge in [0.1, 0.15) is 5.69 Å². The summed E-state index contributed by atoms with van der Waals surface area (Å²) in [5.41, 5.74) is 2.45. The third-order valence-corrected chi connectivity index (χ3v) is 4.50. The molecule has 27 heavy (non-hydrogen) atoms. The minimum absolute atomic E-state index is 0.136. The Morgan fingerprint density at radius 2 is 1.78 bits per heavy atom. The van der Waals surface area contributed by atoms with Gasteiger partial charge in [-0.1, -0.05) is 23.7 Å². The van der Waals surface area contributed by atoms with Crippen molar-refractivity contribution in [2.45, 2.75) is 13.8 Å². The predicted molar refractivity (Wildman–Crippen MR) is 106 cm³/mol. The summed E-state index contributed by atoms with van der Waals surface area (Å²) in [7, 11) is 0. The lowest BCUT2D eigenvalue weighted by atomic mass is 10.1. The molecule has 1 heterocycles. The maximum absolute atomic E-state index is 12.5. The maximum Gasteiger partial charge on any atom is 0.275 e. The molecule has 3 aromatic rings. The van der Waals surface area contributed by atoms with Crippen LogP contribution in [-0.2, 0) is 0 Å². The molecule has 0 atom stereocenters. The van der Waals surface area contributed by atoms with Gasteiger partial charge in [-0.15, -0.1) is 0 Å². The summed E-state index contributed by atoms with van der Waals surface area (Å²) in [6.07, 6.45) is 1.43. The second-order valence-electron chi connectivity index (χ2n) is 5.87. The first-order valence-electron chi connectivity index (χ1n) is 8.65. The van der Waals surface area contributed by atoms with Gasteiger partial charge in [0.15, 0.2) is 0 Å². The van der Waals surface area contributed by atoms with Gasteiger partial charge in [0.25, 0.3) is 11.8 Å². The van der Waals surface area contributed by atoms with Gasteiger partial charge in [-0.3, -0.25) is 14.6 Å². The standard InChI is InChI=1S/C20H19ClN4O2/c1-3-25(4-2)20(27)14-10-9-13(11-15(14)21)23-19(26)18-12-22-16-7-5-6-8-17(16)24-18/h5-12H,3-4H2,1-2H3,(H,23,26). The highest BCUT2D eigenvalue weighted by atomic mass is 35.5. The van der Waals surface area contributed by atoms with Gasteiger partial charge in [-0.25, -0.2) is 4.98 Å². The number of nitrogens with one attached hydrogen (secondary N) is 1. The minimum atomic E-state index is -0.396. The number of halogens is 1. The number of amides is 2. The van der Waals surface area contributed by atoms with Crippen LogP contribution in [0.4, 0.5) is 5.69 Å². The van der Waals surface area contributed by atoms with Crippen molar-refractivity contribution in [3.63, 3.8) is 0 Å². The predicted octanol–water partition coefficient (Wildman–Crippen LogP) is 4.02. The molecule has 2 aromatic carbocycles. The number of aromatic nitrogens is 2. The van der Waals surface area contributed by atoms with Crippen LogP contribution in [-0.4, -0.2) is 39.8 Å². The first kappa shape index (κ1) is 18.8. The van der Waals surface area contributed by atoms with Crippen LogP contribution in [0.25, 0.3) is 11.0 Å². The van der Waals surface area contributed by atoms with Crippen LogP contribution in [0.15, 0.2) is 48.7 Å². The number of carbonyl (C=O) groups is 2. The molecule has 0 bridgehead atoms. The normalized spacial score (nSPS) is 10.6. The van der Waals surface area contributed by atoms with Gasteiger partial charge in [0.05, 0.1) is 27.8 Å². The summed E-state index contributed by atoms with van der Waals surface area (Å²) in [4.78, 5) is 35.1. The van der Waals surface area contributed by atoms with Gasteiger partial charge in [-0.05, 0) is 44.2 Å². The number of para-hydroxylation sites is 2. The Kier molecular flexibility index (Phi) is 5.66. The average Bonchev–Trinajstić information content (AvgIpc) is 2.68. The van der Waals surface area contributed by atoms with E-state index < -0.39 is 5.91 Å². The zero-order valence-electron chi connectivity index (χ0n) is 15.1. The van der Waals surface area contributed by atoms with Gasteiger partial charge in [0.2, 0.25) is 0 Å². The molecule has 0 unspecified atom stereocenters. The van der Waals surface area contributed by atoms with Gasteiger partial charge < -0.3 is 10.2 Å². The van der Waals surface area contributed by atoms with E-state index in [0.29, 0.717) is 29.9 Å². The Morgan fingerprint density at radius 3 is 2.44 bits per heavy atom. The number of rotatable bonds is 5. The Morgan fingerprint density at radius 1 is 1.07 bits per heavy atom. The fourth-order valence-electron chi connectivity index (χ4n) is 2.71. The van der Waals surface area contributed by atoms with Crippen molar-refractivity contribution in [3.05, 3.63) is 64.9 Å². The van der Waals surface area contributed by atoms with Crippen molar-refractivity contribution in [1.29, 1.82) is 0 Å². The maximum atomic E-state index is 12.5. The molecule has 0 aliphatic heterocycles. The van der Waals surface area contributed by atoms with Crippen LogP contribution < -0.4 is 5.32 Å². The van der Waals surface area contributed by atoms with Crippen molar-refractivity contribution in [1.82, 2.24) is 14.9 Å². The van der Waals surface area contributed by atoms with E-state index in [0.717, 1.165) is 5.52 Å². The fourth-order valence-corrected chi connectivity index (χ4v) is 2.97. The molecule has 1 aromatic heterocycles. The van der Waals surface area contributed by atoms with Crippen molar-refractivity contribution < 1.29 is 9.59 Å². The van der Waals surface area contributed by atoms with Gasteiger partial charge >= 0.3 is 0 Å². The summed E-state index contributed by atoms with van der Waals surface area (Å²) >= 11 is 6.26. The van der Waals surface area contributed by atoms with E-state index in [2.05, 4.69) is 15.3 Å². The van der Waals surface area contributed by atoms with Crippen molar-refractivity contribution in [2.24, 2.45) is 0 Å². The molecule has 0 spiro atoms. The second kappa shape index (κ2) is 8.14. The molecule has 0 aliphatic carbocycles. The van der Waals surface area contributed by atoms with E-state index >= 15 is 0 Å². The highest BCUT2D eigenvalue weighted by molar-refractivity contribution is 6.34. The number of benzene rings is 2. The first-order valence-corrected chi connectivity index (χ1v) is 9.03. The molecular weight excluding hydrogens is 364 g/mol. The Balaban J connectivity index is 1.79. The molecule has 2 amide bonds. The molecule has 6 nitrogen and oxygen atoms in total. The van der Waals surface area contributed by atoms with Crippen molar-refractivity contribution in [2.75, 3.05) is 18.4 Å². The SMILES string of the molecule is CCN(CC)C(=O)c1ccc(NC(=O)c2cnc3ccccc3n2)cc1Cl. The average molecular weight is 383 g/mol. The van der Waals surface area contributed by atoms with E-state index in [1.54, 1.807) is 29.2 Å². The monoisotopic (exact) mass is 382 g/mol. The Hall–Kier alpha value is -2.99. The van der Waals surface area contributed by atoms with E-state index in [1.807, 2.05) is 32.0 Å². The molecule has 0 aliphatic rings. The number of fused-ring (bicyclic) bond motifs is 1. The van der Waals surface area contributed by atoms with Crippen LogP contribution >= 0.6 is 11.6 Å². The number of nitrogens with zero attached hydrogens (tertiary/aromatic N) is 3. The molecule has 0 fully saturated rings. The first-order chi connectivity index (χ1) is 13.0. The fraction of sp³-hybridized carbons (Fsp3) is 0.200. The molecule has 0 saturated carbocycles. The number of hydrogen-bond donors (Lipinski definition) is 1. The Labute approximate surface area is 162 Å². The summed E-state index contributed by atoms with van der Waals surface area (Å²) in [5.74, 6) is -0.532. The molecule has 0 radical (unpaired) electrons.